The summed E-state index contributed by atoms with van der Waals surface area (Å²) in [5, 5.41) is 0.357. The summed E-state index contributed by atoms with van der Waals surface area (Å²) in [7, 11) is 0. The van der Waals surface area contributed by atoms with Crippen LogP contribution in [-0.2, 0) is 16.1 Å². The Hall–Kier alpha value is -1.25. The van der Waals surface area contributed by atoms with E-state index in [4.69, 9.17) is 21.1 Å². The first-order valence-electron chi connectivity index (χ1n) is 4.71. The molecule has 0 spiro atoms. The van der Waals surface area contributed by atoms with E-state index in [9.17, 15) is 0 Å². The van der Waals surface area contributed by atoms with Crippen molar-refractivity contribution in [2.45, 2.75) is 12.9 Å². The van der Waals surface area contributed by atoms with Gasteiger partial charge in [0.25, 0.3) is 0 Å². The summed E-state index contributed by atoms with van der Waals surface area (Å²) in [6, 6.07) is 9.93. The monoisotopic (exact) mass is 222 g/mol. The zero-order valence-electron chi connectivity index (χ0n) is 8.10. The zero-order chi connectivity index (χ0) is 10.5. The van der Waals surface area contributed by atoms with Crippen molar-refractivity contribution in [1.82, 2.24) is 0 Å². The number of halogens is 1. The molecule has 78 valence electrons. The normalized spacial score (nSPS) is 19.5. The number of hydrogen-bond acceptors (Lipinski definition) is 2. The van der Waals surface area contributed by atoms with Gasteiger partial charge in [0.15, 0.2) is 5.22 Å². The molecule has 1 aromatic rings. The van der Waals surface area contributed by atoms with Crippen LogP contribution in [0.1, 0.15) is 5.56 Å². The summed E-state index contributed by atoms with van der Waals surface area (Å²) >= 11 is 5.70. The average molecular weight is 223 g/mol. The predicted octanol–water partition coefficient (Wildman–Crippen LogP) is 3.20. The maximum Gasteiger partial charge on any atom is 0.221 e. The van der Waals surface area contributed by atoms with Gasteiger partial charge in [-0.1, -0.05) is 36.4 Å². The standard InChI is InChI=1S/C12H11ClO2/c13-11-7-4-8-12(15-11)14-9-10-5-2-1-3-6-10/h1-8,12H,9H2. The number of allylic oxidation sites excluding steroid dienone is 2. The molecule has 0 aliphatic carbocycles. The minimum atomic E-state index is -0.386. The Labute approximate surface area is 93.8 Å². The van der Waals surface area contributed by atoms with Crippen LogP contribution in [0.3, 0.4) is 0 Å². The molecule has 0 fully saturated rings. The van der Waals surface area contributed by atoms with Gasteiger partial charge in [0, 0.05) is 0 Å². The zero-order valence-corrected chi connectivity index (χ0v) is 8.85. The van der Waals surface area contributed by atoms with Gasteiger partial charge < -0.3 is 9.47 Å². The maximum absolute atomic E-state index is 5.70. The molecule has 0 bridgehead atoms. The summed E-state index contributed by atoms with van der Waals surface area (Å²) in [5.41, 5.74) is 1.11. The lowest BCUT2D eigenvalue weighted by molar-refractivity contribution is -0.0869. The van der Waals surface area contributed by atoms with Crippen molar-refractivity contribution in [3.63, 3.8) is 0 Å². The number of hydrogen-bond donors (Lipinski definition) is 0. The van der Waals surface area contributed by atoms with Gasteiger partial charge >= 0.3 is 0 Å². The molecule has 0 saturated heterocycles. The first-order valence-corrected chi connectivity index (χ1v) is 5.08. The molecule has 0 amide bonds. The fraction of sp³-hybridized carbons (Fsp3) is 0.167. The molecular formula is C12H11ClO2. The van der Waals surface area contributed by atoms with E-state index in [1.54, 1.807) is 6.08 Å². The van der Waals surface area contributed by atoms with E-state index in [0.29, 0.717) is 11.8 Å². The molecule has 1 aromatic carbocycles. The fourth-order valence-corrected chi connectivity index (χ4v) is 1.41. The van der Waals surface area contributed by atoms with Crippen LogP contribution in [0.25, 0.3) is 0 Å². The third-order valence-corrected chi connectivity index (χ3v) is 2.20. The number of ether oxygens (including phenoxy) is 2. The summed E-state index contributed by atoms with van der Waals surface area (Å²) < 4.78 is 10.7. The van der Waals surface area contributed by atoms with Crippen molar-refractivity contribution >= 4 is 11.6 Å². The molecule has 1 aliphatic heterocycles. The van der Waals surface area contributed by atoms with Crippen molar-refractivity contribution in [1.29, 1.82) is 0 Å². The van der Waals surface area contributed by atoms with E-state index in [2.05, 4.69) is 0 Å². The quantitative estimate of drug-likeness (QED) is 0.782. The second-order valence-electron chi connectivity index (χ2n) is 3.14. The first-order chi connectivity index (χ1) is 7.34. The molecule has 0 saturated carbocycles. The number of rotatable bonds is 3. The minimum Gasteiger partial charge on any atom is -0.450 e. The van der Waals surface area contributed by atoms with Crippen LogP contribution in [0.15, 0.2) is 53.8 Å². The highest BCUT2D eigenvalue weighted by Crippen LogP contribution is 2.16. The van der Waals surface area contributed by atoms with Crippen molar-refractivity contribution in [2.75, 3.05) is 0 Å². The maximum atomic E-state index is 5.70. The molecular weight excluding hydrogens is 212 g/mol. The van der Waals surface area contributed by atoms with E-state index in [1.165, 1.54) is 0 Å². The predicted molar refractivity (Wildman–Crippen MR) is 59.2 cm³/mol. The van der Waals surface area contributed by atoms with Gasteiger partial charge in [0.1, 0.15) is 0 Å². The second kappa shape index (κ2) is 5.01. The molecule has 1 heterocycles. The summed E-state index contributed by atoms with van der Waals surface area (Å²) in [6.07, 6.45) is 4.93. The van der Waals surface area contributed by atoms with Gasteiger partial charge in [-0.05, 0) is 29.3 Å². The van der Waals surface area contributed by atoms with Crippen molar-refractivity contribution in [2.24, 2.45) is 0 Å². The smallest absolute Gasteiger partial charge is 0.221 e. The molecule has 2 rings (SSSR count). The molecule has 0 N–H and O–H groups in total. The lowest BCUT2D eigenvalue weighted by Crippen LogP contribution is -2.14. The molecule has 1 aliphatic rings. The highest BCUT2D eigenvalue weighted by molar-refractivity contribution is 6.28. The topological polar surface area (TPSA) is 18.5 Å². The van der Waals surface area contributed by atoms with E-state index >= 15 is 0 Å². The van der Waals surface area contributed by atoms with Crippen LogP contribution >= 0.6 is 11.6 Å². The summed E-state index contributed by atoms with van der Waals surface area (Å²) in [5.74, 6) is 0. The Morgan fingerprint density at radius 2 is 2.07 bits per heavy atom. The van der Waals surface area contributed by atoms with Gasteiger partial charge in [-0.25, -0.2) is 0 Å². The Morgan fingerprint density at radius 1 is 1.27 bits per heavy atom. The molecule has 2 nitrogen and oxygen atoms in total. The van der Waals surface area contributed by atoms with E-state index in [-0.39, 0.29) is 6.29 Å². The van der Waals surface area contributed by atoms with E-state index < -0.39 is 0 Å². The van der Waals surface area contributed by atoms with Crippen LogP contribution in [-0.4, -0.2) is 6.29 Å². The van der Waals surface area contributed by atoms with Crippen molar-refractivity contribution in [3.05, 3.63) is 59.3 Å². The SMILES string of the molecule is ClC1=CC=CC(OCc2ccccc2)O1. The Morgan fingerprint density at radius 3 is 2.80 bits per heavy atom. The van der Waals surface area contributed by atoms with Gasteiger partial charge in [-0.15, -0.1) is 0 Å². The summed E-state index contributed by atoms with van der Waals surface area (Å²) in [6.45, 7) is 0.514. The van der Waals surface area contributed by atoms with Gasteiger partial charge in [0.2, 0.25) is 6.29 Å². The molecule has 0 radical (unpaired) electrons. The van der Waals surface area contributed by atoms with Crippen LogP contribution in [0.4, 0.5) is 0 Å². The molecule has 3 heteroatoms. The lowest BCUT2D eigenvalue weighted by Gasteiger charge is -2.17. The first kappa shape index (κ1) is 10.3. The molecule has 1 unspecified atom stereocenters. The van der Waals surface area contributed by atoms with E-state index in [1.807, 2.05) is 42.5 Å². The Balaban J connectivity index is 1.85. The van der Waals surface area contributed by atoms with Crippen LogP contribution in [0.5, 0.6) is 0 Å². The fourth-order valence-electron chi connectivity index (χ4n) is 1.25. The highest BCUT2D eigenvalue weighted by Gasteiger charge is 2.10. The molecule has 1 atom stereocenters. The third-order valence-electron chi connectivity index (χ3n) is 1.98. The lowest BCUT2D eigenvalue weighted by atomic mass is 10.2. The number of benzene rings is 1. The van der Waals surface area contributed by atoms with Gasteiger partial charge in [-0.2, -0.15) is 0 Å². The third kappa shape index (κ3) is 3.11. The summed E-state index contributed by atoms with van der Waals surface area (Å²) in [4.78, 5) is 0. The van der Waals surface area contributed by atoms with E-state index in [0.717, 1.165) is 5.56 Å². The van der Waals surface area contributed by atoms with Gasteiger partial charge in [0.05, 0.1) is 6.61 Å². The molecule has 0 aromatic heterocycles. The largest absolute Gasteiger partial charge is 0.450 e. The minimum absolute atomic E-state index is 0.357. The average Bonchev–Trinajstić information content (AvgIpc) is 2.28. The highest BCUT2D eigenvalue weighted by atomic mass is 35.5. The Kier molecular flexibility index (Phi) is 3.43. The van der Waals surface area contributed by atoms with Gasteiger partial charge in [-0.3, -0.25) is 0 Å². The Bertz CT molecular complexity index is 370. The van der Waals surface area contributed by atoms with Crippen molar-refractivity contribution in [3.8, 4) is 0 Å². The molecule has 15 heavy (non-hydrogen) atoms. The van der Waals surface area contributed by atoms with Crippen LogP contribution in [0.2, 0.25) is 0 Å². The van der Waals surface area contributed by atoms with Crippen LogP contribution in [0, 0.1) is 0 Å². The van der Waals surface area contributed by atoms with Crippen LogP contribution < -0.4 is 0 Å². The van der Waals surface area contributed by atoms with Crippen molar-refractivity contribution < 1.29 is 9.47 Å². The second-order valence-corrected chi connectivity index (χ2v) is 3.51.